The molecule has 0 spiro atoms. The Bertz CT molecular complexity index is 1090. The number of carbonyl (C=O) groups is 1. The van der Waals surface area contributed by atoms with Gasteiger partial charge in [-0.05, 0) is 76.1 Å². The van der Waals surface area contributed by atoms with Crippen molar-refractivity contribution in [3.8, 4) is 11.5 Å². The third-order valence-corrected chi connectivity index (χ3v) is 5.29. The summed E-state index contributed by atoms with van der Waals surface area (Å²) in [5.74, 6) is 1.35. The van der Waals surface area contributed by atoms with E-state index < -0.39 is 6.03 Å². The highest BCUT2D eigenvalue weighted by Gasteiger charge is 2.06. The summed E-state index contributed by atoms with van der Waals surface area (Å²) in [6, 6.07) is 17.2. The second kappa shape index (κ2) is 11.0. The zero-order valence-electron chi connectivity index (χ0n) is 16.4. The molecule has 0 radical (unpaired) electrons. The average Bonchev–Trinajstić information content (AvgIpc) is 2.75. The monoisotopic (exact) mass is 521 g/mol. The molecule has 9 heteroatoms. The molecule has 0 saturated carbocycles. The molecule has 0 aromatic heterocycles. The predicted octanol–water partition coefficient (Wildman–Crippen LogP) is 6.50. The second-order valence-corrected chi connectivity index (χ2v) is 7.96. The summed E-state index contributed by atoms with van der Waals surface area (Å²) in [6.07, 6.45) is 1.53. The van der Waals surface area contributed by atoms with Crippen LogP contribution in [-0.2, 0) is 6.61 Å². The number of nitrogens with zero attached hydrogens (tertiary/aromatic N) is 1. The highest BCUT2D eigenvalue weighted by molar-refractivity contribution is 9.10. The number of ether oxygens (including phenoxy) is 2. The number of hydrazone groups is 1. The molecule has 0 heterocycles. The normalized spacial score (nSPS) is 10.7. The Kier molecular flexibility index (Phi) is 8.17. The Labute approximate surface area is 198 Å². The van der Waals surface area contributed by atoms with E-state index in [0.29, 0.717) is 33.8 Å². The van der Waals surface area contributed by atoms with Gasteiger partial charge in [-0.15, -0.1) is 0 Å². The maximum absolute atomic E-state index is 11.9. The molecular formula is C22H18BrCl2N3O3. The van der Waals surface area contributed by atoms with Gasteiger partial charge in [-0.3, -0.25) is 0 Å². The van der Waals surface area contributed by atoms with Crippen molar-refractivity contribution < 1.29 is 14.3 Å². The van der Waals surface area contributed by atoms with Crippen molar-refractivity contribution in [1.82, 2.24) is 5.43 Å². The van der Waals surface area contributed by atoms with E-state index in [1.165, 1.54) is 6.21 Å². The van der Waals surface area contributed by atoms with Crippen LogP contribution in [0.4, 0.5) is 10.5 Å². The van der Waals surface area contributed by atoms with E-state index in [1.54, 1.807) is 49.6 Å². The minimum atomic E-state index is -0.458. The number of anilines is 1. The van der Waals surface area contributed by atoms with Crippen LogP contribution in [-0.4, -0.2) is 19.4 Å². The molecule has 3 aromatic rings. The van der Waals surface area contributed by atoms with Crippen LogP contribution < -0.4 is 20.2 Å². The average molecular weight is 523 g/mol. The predicted molar refractivity (Wildman–Crippen MR) is 128 cm³/mol. The maximum atomic E-state index is 11.9. The quantitative estimate of drug-likeness (QED) is 0.275. The number of hydrogen-bond donors (Lipinski definition) is 2. The fourth-order valence-electron chi connectivity index (χ4n) is 2.51. The number of benzene rings is 3. The molecule has 0 fully saturated rings. The fourth-order valence-corrected chi connectivity index (χ4v) is 3.48. The van der Waals surface area contributed by atoms with Crippen LogP contribution in [0.15, 0.2) is 70.2 Å². The number of methoxy groups -OCH3 is 1. The summed E-state index contributed by atoms with van der Waals surface area (Å²) in [5.41, 5.74) is 4.64. The molecule has 31 heavy (non-hydrogen) atoms. The Hall–Kier alpha value is -2.74. The number of urea groups is 1. The van der Waals surface area contributed by atoms with Crippen LogP contribution in [0.1, 0.15) is 11.1 Å². The van der Waals surface area contributed by atoms with Gasteiger partial charge in [0.1, 0.15) is 18.1 Å². The van der Waals surface area contributed by atoms with Crippen molar-refractivity contribution in [2.75, 3.05) is 12.4 Å². The van der Waals surface area contributed by atoms with Crippen LogP contribution in [0.3, 0.4) is 0 Å². The molecule has 2 N–H and O–H groups in total. The highest BCUT2D eigenvalue weighted by atomic mass is 79.9. The van der Waals surface area contributed by atoms with Gasteiger partial charge in [0.15, 0.2) is 0 Å². The first-order chi connectivity index (χ1) is 14.9. The van der Waals surface area contributed by atoms with Crippen molar-refractivity contribution >= 4 is 57.1 Å². The molecule has 160 valence electrons. The number of carbonyl (C=O) groups excluding carboxylic acids is 1. The Balaban J connectivity index is 1.52. The number of amides is 2. The van der Waals surface area contributed by atoms with Crippen LogP contribution in [0.2, 0.25) is 10.0 Å². The number of halogens is 3. The van der Waals surface area contributed by atoms with E-state index in [2.05, 4.69) is 31.8 Å². The SMILES string of the molecule is COc1ccc(NC(=O)NN=Cc2ccc(OCc3ccc(Cl)cc3Cl)c(Br)c2)cc1. The molecule has 0 aliphatic rings. The molecule has 0 aliphatic carbocycles. The lowest BCUT2D eigenvalue weighted by atomic mass is 10.2. The Morgan fingerprint density at radius 1 is 1.10 bits per heavy atom. The third kappa shape index (κ3) is 6.89. The molecule has 2 amide bonds. The molecular weight excluding hydrogens is 505 g/mol. The summed E-state index contributed by atoms with van der Waals surface area (Å²) < 4.78 is 11.6. The number of rotatable bonds is 7. The summed E-state index contributed by atoms with van der Waals surface area (Å²) in [7, 11) is 1.58. The van der Waals surface area contributed by atoms with E-state index in [4.69, 9.17) is 32.7 Å². The summed E-state index contributed by atoms with van der Waals surface area (Å²) in [5, 5.41) is 7.75. The molecule has 0 saturated heterocycles. The number of hydrogen-bond acceptors (Lipinski definition) is 4. The van der Waals surface area contributed by atoms with Gasteiger partial charge >= 0.3 is 6.03 Å². The standard InChI is InChI=1S/C22H18BrCl2N3O3/c1-30-18-7-5-17(6-8-18)27-22(29)28-26-12-14-2-9-21(19(23)10-14)31-13-15-3-4-16(24)11-20(15)25/h2-12H,13H2,1H3,(H2,27,28,29). The summed E-state index contributed by atoms with van der Waals surface area (Å²) in [4.78, 5) is 11.9. The van der Waals surface area contributed by atoms with Crippen LogP contribution in [0, 0.1) is 0 Å². The fraction of sp³-hybridized carbons (Fsp3) is 0.0909. The lowest BCUT2D eigenvalue weighted by Crippen LogP contribution is -2.24. The Morgan fingerprint density at radius 3 is 2.55 bits per heavy atom. The lowest BCUT2D eigenvalue weighted by molar-refractivity contribution is 0.252. The molecule has 0 unspecified atom stereocenters. The second-order valence-electron chi connectivity index (χ2n) is 6.27. The smallest absolute Gasteiger partial charge is 0.339 e. The van der Waals surface area contributed by atoms with Gasteiger partial charge in [0, 0.05) is 21.3 Å². The van der Waals surface area contributed by atoms with Crippen LogP contribution in [0.25, 0.3) is 0 Å². The van der Waals surface area contributed by atoms with Crippen molar-refractivity contribution in [3.63, 3.8) is 0 Å². The van der Waals surface area contributed by atoms with Gasteiger partial charge in [-0.25, -0.2) is 10.2 Å². The first-order valence-electron chi connectivity index (χ1n) is 9.05. The number of nitrogens with one attached hydrogen (secondary N) is 2. The molecule has 6 nitrogen and oxygen atoms in total. The minimum absolute atomic E-state index is 0.301. The third-order valence-electron chi connectivity index (χ3n) is 4.08. The minimum Gasteiger partial charge on any atom is -0.497 e. The zero-order valence-corrected chi connectivity index (χ0v) is 19.5. The van der Waals surface area contributed by atoms with Gasteiger partial charge in [0.05, 0.1) is 17.8 Å². The molecule has 0 atom stereocenters. The lowest BCUT2D eigenvalue weighted by Gasteiger charge is -2.10. The van der Waals surface area contributed by atoms with E-state index in [9.17, 15) is 4.79 Å². The van der Waals surface area contributed by atoms with Crippen molar-refractivity contribution in [2.24, 2.45) is 5.10 Å². The topological polar surface area (TPSA) is 72.0 Å². The van der Waals surface area contributed by atoms with Crippen molar-refractivity contribution in [1.29, 1.82) is 0 Å². The summed E-state index contributed by atoms with van der Waals surface area (Å²) >= 11 is 15.6. The van der Waals surface area contributed by atoms with E-state index in [0.717, 1.165) is 15.6 Å². The van der Waals surface area contributed by atoms with Gasteiger partial charge in [0.25, 0.3) is 0 Å². The largest absolute Gasteiger partial charge is 0.497 e. The highest BCUT2D eigenvalue weighted by Crippen LogP contribution is 2.28. The van der Waals surface area contributed by atoms with Gasteiger partial charge in [0.2, 0.25) is 0 Å². The van der Waals surface area contributed by atoms with Gasteiger partial charge in [-0.1, -0.05) is 29.3 Å². The van der Waals surface area contributed by atoms with Gasteiger partial charge < -0.3 is 14.8 Å². The molecule has 0 aliphatic heterocycles. The van der Waals surface area contributed by atoms with Crippen LogP contribution >= 0.6 is 39.1 Å². The van der Waals surface area contributed by atoms with Crippen molar-refractivity contribution in [3.05, 3.63) is 86.3 Å². The summed E-state index contributed by atoms with van der Waals surface area (Å²) in [6.45, 7) is 0.301. The van der Waals surface area contributed by atoms with E-state index in [-0.39, 0.29) is 0 Å². The van der Waals surface area contributed by atoms with Gasteiger partial charge in [-0.2, -0.15) is 5.10 Å². The first kappa shape index (κ1) is 22.9. The van der Waals surface area contributed by atoms with E-state index in [1.807, 2.05) is 18.2 Å². The first-order valence-corrected chi connectivity index (χ1v) is 10.6. The molecule has 3 aromatic carbocycles. The van der Waals surface area contributed by atoms with E-state index >= 15 is 0 Å². The van der Waals surface area contributed by atoms with Crippen molar-refractivity contribution in [2.45, 2.75) is 6.61 Å². The Morgan fingerprint density at radius 2 is 1.87 bits per heavy atom. The maximum Gasteiger partial charge on any atom is 0.339 e. The molecule has 0 bridgehead atoms. The zero-order chi connectivity index (χ0) is 22.2. The van der Waals surface area contributed by atoms with Crippen LogP contribution in [0.5, 0.6) is 11.5 Å². The molecule has 3 rings (SSSR count).